The summed E-state index contributed by atoms with van der Waals surface area (Å²) in [5, 5.41) is 3.66. The third kappa shape index (κ3) is 3.63. The second-order valence-electron chi connectivity index (χ2n) is 5.50. The van der Waals surface area contributed by atoms with Gasteiger partial charge in [0, 0.05) is 18.2 Å². The van der Waals surface area contributed by atoms with E-state index in [0.29, 0.717) is 6.04 Å². The molecule has 0 bridgehead atoms. The van der Waals surface area contributed by atoms with Crippen molar-refractivity contribution in [2.24, 2.45) is 5.92 Å². The fourth-order valence-corrected chi connectivity index (χ4v) is 2.97. The van der Waals surface area contributed by atoms with Gasteiger partial charge in [0.05, 0.1) is 14.2 Å². The second-order valence-corrected chi connectivity index (χ2v) is 5.50. The van der Waals surface area contributed by atoms with Gasteiger partial charge in [0.2, 0.25) is 0 Å². The molecular formula is C16H25NO2. The molecule has 1 N–H and O–H groups in total. The fraction of sp³-hybridized carbons (Fsp3) is 0.625. The normalized spacial score (nSPS) is 23.1. The van der Waals surface area contributed by atoms with Crippen LogP contribution in [0.3, 0.4) is 0 Å². The highest BCUT2D eigenvalue weighted by Gasteiger charge is 2.19. The zero-order valence-corrected chi connectivity index (χ0v) is 12.2. The summed E-state index contributed by atoms with van der Waals surface area (Å²) in [5.74, 6) is 2.50. The highest BCUT2D eigenvalue weighted by molar-refractivity contribution is 5.46. The Bertz CT molecular complexity index is 406. The van der Waals surface area contributed by atoms with Gasteiger partial charge in [0.25, 0.3) is 0 Å². The van der Waals surface area contributed by atoms with E-state index in [-0.39, 0.29) is 0 Å². The van der Waals surface area contributed by atoms with Crippen molar-refractivity contribution in [3.8, 4) is 11.5 Å². The minimum atomic E-state index is 0.639. The highest BCUT2D eigenvalue weighted by atomic mass is 16.5. The average Bonchev–Trinajstić information content (AvgIpc) is 2.44. The van der Waals surface area contributed by atoms with Crippen LogP contribution < -0.4 is 14.8 Å². The number of rotatable bonds is 5. The van der Waals surface area contributed by atoms with Crippen molar-refractivity contribution in [1.29, 1.82) is 0 Å². The lowest BCUT2D eigenvalue weighted by molar-refractivity contribution is 0.298. The summed E-state index contributed by atoms with van der Waals surface area (Å²) in [6, 6.07) is 6.69. The molecule has 3 nitrogen and oxygen atoms in total. The fourth-order valence-electron chi connectivity index (χ4n) is 2.97. The lowest BCUT2D eigenvalue weighted by Gasteiger charge is -2.28. The van der Waals surface area contributed by atoms with E-state index in [1.54, 1.807) is 14.2 Å². The largest absolute Gasteiger partial charge is 0.493 e. The molecule has 1 aromatic rings. The Morgan fingerprint density at radius 1 is 1.21 bits per heavy atom. The number of para-hydroxylation sites is 1. The second kappa shape index (κ2) is 6.80. The molecule has 0 radical (unpaired) electrons. The lowest BCUT2D eigenvalue weighted by atomic mass is 9.87. The van der Waals surface area contributed by atoms with E-state index < -0.39 is 0 Å². The standard InChI is InChI=1S/C16H25NO2/c1-12-6-4-8-14(10-12)17-11-13-7-5-9-15(18-2)16(13)19-3/h5,7,9,12,14,17H,4,6,8,10-11H2,1-3H3. The molecule has 1 aliphatic rings. The molecule has 0 aliphatic heterocycles. The first-order chi connectivity index (χ1) is 9.24. The summed E-state index contributed by atoms with van der Waals surface area (Å²) in [6.45, 7) is 3.19. The van der Waals surface area contributed by atoms with Crippen molar-refractivity contribution < 1.29 is 9.47 Å². The third-order valence-corrected chi connectivity index (χ3v) is 4.00. The molecule has 19 heavy (non-hydrogen) atoms. The van der Waals surface area contributed by atoms with Crippen molar-refractivity contribution in [1.82, 2.24) is 5.32 Å². The van der Waals surface area contributed by atoms with Crippen LogP contribution in [0.25, 0.3) is 0 Å². The molecule has 1 aromatic carbocycles. The maximum Gasteiger partial charge on any atom is 0.165 e. The maximum atomic E-state index is 5.46. The van der Waals surface area contributed by atoms with Crippen LogP contribution in [-0.2, 0) is 6.54 Å². The average molecular weight is 263 g/mol. The van der Waals surface area contributed by atoms with E-state index >= 15 is 0 Å². The van der Waals surface area contributed by atoms with Crippen LogP contribution in [0, 0.1) is 5.92 Å². The molecule has 0 saturated heterocycles. The molecule has 3 heteroatoms. The Labute approximate surface area is 116 Å². The Balaban J connectivity index is 1.99. The van der Waals surface area contributed by atoms with Crippen LogP contribution in [0.1, 0.15) is 38.2 Å². The van der Waals surface area contributed by atoms with Gasteiger partial charge in [0.1, 0.15) is 0 Å². The highest BCUT2D eigenvalue weighted by Crippen LogP contribution is 2.31. The van der Waals surface area contributed by atoms with E-state index in [1.165, 1.54) is 31.2 Å². The molecule has 0 heterocycles. The van der Waals surface area contributed by atoms with Crippen LogP contribution in [0.2, 0.25) is 0 Å². The topological polar surface area (TPSA) is 30.5 Å². The summed E-state index contributed by atoms with van der Waals surface area (Å²) in [7, 11) is 3.38. The molecule has 2 rings (SSSR count). The van der Waals surface area contributed by atoms with Crippen LogP contribution in [0.15, 0.2) is 18.2 Å². The summed E-state index contributed by atoms with van der Waals surface area (Å²) >= 11 is 0. The van der Waals surface area contributed by atoms with E-state index in [4.69, 9.17) is 9.47 Å². The molecule has 1 fully saturated rings. The summed E-state index contributed by atoms with van der Waals surface area (Å²) in [6.07, 6.45) is 5.29. The molecule has 2 atom stereocenters. The molecule has 2 unspecified atom stereocenters. The summed E-state index contributed by atoms with van der Waals surface area (Å²) < 4.78 is 10.8. The lowest BCUT2D eigenvalue weighted by Crippen LogP contribution is -2.33. The first kappa shape index (κ1) is 14.2. The van der Waals surface area contributed by atoms with Gasteiger partial charge in [-0.05, 0) is 24.8 Å². The van der Waals surface area contributed by atoms with Crippen molar-refractivity contribution in [3.63, 3.8) is 0 Å². The molecule has 1 aliphatic carbocycles. The number of hydrogen-bond donors (Lipinski definition) is 1. The minimum absolute atomic E-state index is 0.639. The minimum Gasteiger partial charge on any atom is -0.493 e. The summed E-state index contributed by atoms with van der Waals surface area (Å²) in [4.78, 5) is 0. The van der Waals surface area contributed by atoms with Gasteiger partial charge >= 0.3 is 0 Å². The van der Waals surface area contributed by atoms with Gasteiger partial charge < -0.3 is 14.8 Å². The smallest absolute Gasteiger partial charge is 0.165 e. The van der Waals surface area contributed by atoms with E-state index in [2.05, 4.69) is 18.3 Å². The number of methoxy groups -OCH3 is 2. The predicted octanol–water partition coefficient (Wildman–Crippen LogP) is 3.37. The van der Waals surface area contributed by atoms with Gasteiger partial charge in [-0.2, -0.15) is 0 Å². The van der Waals surface area contributed by atoms with E-state index in [1.807, 2.05) is 12.1 Å². The van der Waals surface area contributed by atoms with Crippen LogP contribution in [0.5, 0.6) is 11.5 Å². The molecule has 0 aromatic heterocycles. The first-order valence-electron chi connectivity index (χ1n) is 7.17. The number of hydrogen-bond acceptors (Lipinski definition) is 3. The molecule has 1 saturated carbocycles. The van der Waals surface area contributed by atoms with Crippen molar-refractivity contribution in [3.05, 3.63) is 23.8 Å². The van der Waals surface area contributed by atoms with Gasteiger partial charge in [-0.25, -0.2) is 0 Å². The van der Waals surface area contributed by atoms with Crippen LogP contribution >= 0.6 is 0 Å². The van der Waals surface area contributed by atoms with E-state index in [0.717, 1.165) is 24.0 Å². The number of ether oxygens (including phenoxy) is 2. The molecule has 0 amide bonds. The maximum absolute atomic E-state index is 5.46. The molecular weight excluding hydrogens is 238 g/mol. The number of nitrogens with one attached hydrogen (secondary N) is 1. The Morgan fingerprint density at radius 2 is 2.05 bits per heavy atom. The summed E-state index contributed by atoms with van der Waals surface area (Å²) in [5.41, 5.74) is 1.17. The van der Waals surface area contributed by atoms with Crippen LogP contribution in [-0.4, -0.2) is 20.3 Å². The Hall–Kier alpha value is -1.22. The van der Waals surface area contributed by atoms with Gasteiger partial charge in [-0.3, -0.25) is 0 Å². The molecule has 0 spiro atoms. The van der Waals surface area contributed by atoms with Gasteiger partial charge in [0.15, 0.2) is 11.5 Å². The SMILES string of the molecule is COc1cccc(CNC2CCCC(C)C2)c1OC. The predicted molar refractivity (Wildman–Crippen MR) is 77.8 cm³/mol. The zero-order chi connectivity index (χ0) is 13.7. The zero-order valence-electron chi connectivity index (χ0n) is 12.2. The van der Waals surface area contributed by atoms with Gasteiger partial charge in [-0.1, -0.05) is 31.9 Å². The Morgan fingerprint density at radius 3 is 2.74 bits per heavy atom. The van der Waals surface area contributed by atoms with Gasteiger partial charge in [-0.15, -0.1) is 0 Å². The van der Waals surface area contributed by atoms with E-state index in [9.17, 15) is 0 Å². The first-order valence-corrected chi connectivity index (χ1v) is 7.17. The number of benzene rings is 1. The van der Waals surface area contributed by atoms with Crippen molar-refractivity contribution in [2.75, 3.05) is 14.2 Å². The van der Waals surface area contributed by atoms with Crippen molar-refractivity contribution >= 4 is 0 Å². The van der Waals surface area contributed by atoms with Crippen LogP contribution in [0.4, 0.5) is 0 Å². The quantitative estimate of drug-likeness (QED) is 0.883. The Kier molecular flexibility index (Phi) is 5.08. The molecule has 106 valence electrons. The third-order valence-electron chi connectivity index (χ3n) is 4.00. The monoisotopic (exact) mass is 263 g/mol. The van der Waals surface area contributed by atoms with Crippen molar-refractivity contribution in [2.45, 2.75) is 45.2 Å².